The van der Waals surface area contributed by atoms with Gasteiger partial charge < -0.3 is 10.6 Å². The first-order valence-corrected chi connectivity index (χ1v) is 8.85. The fraction of sp³-hybridized carbons (Fsp3) is 0.647. The molecule has 1 atom stereocenters. The van der Waals surface area contributed by atoms with Gasteiger partial charge in [0.1, 0.15) is 5.52 Å². The quantitative estimate of drug-likeness (QED) is 0.867. The molecule has 0 bridgehead atoms. The molecule has 2 aromatic rings. The largest absolute Gasteiger partial charge is 0.342 e. The molecule has 1 aliphatic rings. The number of rotatable bonds is 6. The molecule has 0 aromatic carbocycles. The van der Waals surface area contributed by atoms with Crippen molar-refractivity contribution < 1.29 is 4.79 Å². The zero-order valence-electron chi connectivity index (χ0n) is 14.5. The van der Waals surface area contributed by atoms with Gasteiger partial charge in [0.05, 0.1) is 12.2 Å². The molecule has 130 valence electrons. The van der Waals surface area contributed by atoms with Crippen LogP contribution in [0.1, 0.15) is 44.7 Å². The second kappa shape index (κ2) is 7.25. The Hall–Kier alpha value is -2.02. The minimum absolute atomic E-state index is 0.134. The van der Waals surface area contributed by atoms with Crippen molar-refractivity contribution in [2.24, 2.45) is 11.7 Å². The standard InChI is InChI=1S/C17H26N6O/c1-3-12(4-2)17(24)22-9-5-13(11-22)14-15-16(20-8-7-19-15)23(21-14)10-6-18/h7-8,12-13H,3-6,9-11,18H2,1-2H3. The van der Waals surface area contributed by atoms with Crippen molar-refractivity contribution in [2.75, 3.05) is 19.6 Å². The van der Waals surface area contributed by atoms with E-state index in [2.05, 4.69) is 23.8 Å². The number of hydrogen-bond donors (Lipinski definition) is 1. The van der Waals surface area contributed by atoms with Gasteiger partial charge in [-0.25, -0.2) is 14.6 Å². The van der Waals surface area contributed by atoms with Crippen molar-refractivity contribution in [3.8, 4) is 0 Å². The number of fused-ring (bicyclic) bond motifs is 1. The Bertz CT molecular complexity index is 708. The van der Waals surface area contributed by atoms with E-state index in [-0.39, 0.29) is 17.7 Å². The first kappa shape index (κ1) is 16.8. The highest BCUT2D eigenvalue weighted by Crippen LogP contribution is 2.31. The van der Waals surface area contributed by atoms with Crippen LogP contribution in [-0.2, 0) is 11.3 Å². The molecule has 1 unspecified atom stereocenters. The van der Waals surface area contributed by atoms with E-state index in [0.29, 0.717) is 13.1 Å². The van der Waals surface area contributed by atoms with E-state index in [1.165, 1.54) is 0 Å². The summed E-state index contributed by atoms with van der Waals surface area (Å²) < 4.78 is 1.84. The second-order valence-corrected chi connectivity index (χ2v) is 6.41. The second-order valence-electron chi connectivity index (χ2n) is 6.41. The molecule has 7 nitrogen and oxygen atoms in total. The van der Waals surface area contributed by atoms with Gasteiger partial charge in [0.25, 0.3) is 0 Å². The van der Waals surface area contributed by atoms with Gasteiger partial charge in [-0.2, -0.15) is 5.10 Å². The van der Waals surface area contributed by atoms with E-state index < -0.39 is 0 Å². The maximum absolute atomic E-state index is 12.6. The molecular weight excluding hydrogens is 304 g/mol. The van der Waals surface area contributed by atoms with Crippen molar-refractivity contribution in [1.29, 1.82) is 0 Å². The topological polar surface area (TPSA) is 89.9 Å². The predicted molar refractivity (Wildman–Crippen MR) is 92.4 cm³/mol. The Balaban J connectivity index is 1.83. The number of nitrogens with zero attached hydrogens (tertiary/aromatic N) is 5. The van der Waals surface area contributed by atoms with Crippen molar-refractivity contribution in [1.82, 2.24) is 24.6 Å². The SMILES string of the molecule is CCC(CC)C(=O)N1CCC(c2nn(CCN)c3nccnc23)C1. The minimum atomic E-state index is 0.134. The maximum Gasteiger partial charge on any atom is 0.225 e. The maximum atomic E-state index is 12.6. The zero-order chi connectivity index (χ0) is 17.1. The normalized spacial score (nSPS) is 18.0. The van der Waals surface area contributed by atoms with Crippen LogP contribution in [0.2, 0.25) is 0 Å². The summed E-state index contributed by atoms with van der Waals surface area (Å²) in [5.74, 6) is 0.635. The molecule has 1 amide bonds. The molecule has 0 aliphatic carbocycles. The van der Waals surface area contributed by atoms with E-state index in [4.69, 9.17) is 10.8 Å². The first-order valence-electron chi connectivity index (χ1n) is 8.85. The number of carbonyl (C=O) groups excluding carboxylic acids is 1. The first-order chi connectivity index (χ1) is 11.7. The Kier molecular flexibility index (Phi) is 5.08. The molecule has 7 heteroatoms. The van der Waals surface area contributed by atoms with Gasteiger partial charge in [-0.1, -0.05) is 13.8 Å². The molecule has 1 fully saturated rings. The molecular formula is C17H26N6O. The molecule has 0 spiro atoms. The van der Waals surface area contributed by atoms with E-state index in [1.807, 2.05) is 9.58 Å². The Morgan fingerprint density at radius 1 is 1.33 bits per heavy atom. The van der Waals surface area contributed by atoms with Crippen molar-refractivity contribution in [3.05, 3.63) is 18.1 Å². The molecule has 3 rings (SSSR count). The molecule has 0 radical (unpaired) electrons. The monoisotopic (exact) mass is 330 g/mol. The summed E-state index contributed by atoms with van der Waals surface area (Å²) in [5.41, 5.74) is 8.25. The van der Waals surface area contributed by atoms with Crippen LogP contribution in [0.15, 0.2) is 12.4 Å². The van der Waals surface area contributed by atoms with Gasteiger partial charge in [0, 0.05) is 43.9 Å². The number of carbonyl (C=O) groups is 1. The Labute approximate surface area is 142 Å². The summed E-state index contributed by atoms with van der Waals surface area (Å²) in [6.45, 7) is 6.82. The number of hydrogen-bond acceptors (Lipinski definition) is 5. The lowest BCUT2D eigenvalue weighted by Crippen LogP contribution is -2.33. The van der Waals surface area contributed by atoms with Crippen molar-refractivity contribution in [2.45, 2.75) is 45.6 Å². The highest BCUT2D eigenvalue weighted by molar-refractivity contribution is 5.79. The Morgan fingerprint density at radius 2 is 2.08 bits per heavy atom. The Morgan fingerprint density at radius 3 is 2.79 bits per heavy atom. The summed E-state index contributed by atoms with van der Waals surface area (Å²) >= 11 is 0. The van der Waals surface area contributed by atoms with E-state index in [0.717, 1.165) is 49.2 Å². The lowest BCUT2D eigenvalue weighted by Gasteiger charge is -2.21. The summed E-state index contributed by atoms with van der Waals surface area (Å²) in [6, 6.07) is 0. The summed E-state index contributed by atoms with van der Waals surface area (Å²) in [4.78, 5) is 23.5. The third-order valence-electron chi connectivity index (χ3n) is 4.96. The van der Waals surface area contributed by atoms with Crippen molar-refractivity contribution in [3.63, 3.8) is 0 Å². The van der Waals surface area contributed by atoms with Crippen LogP contribution in [-0.4, -0.2) is 50.2 Å². The molecule has 1 saturated heterocycles. The van der Waals surface area contributed by atoms with E-state index >= 15 is 0 Å². The number of likely N-dealkylation sites (tertiary alicyclic amines) is 1. The minimum Gasteiger partial charge on any atom is -0.342 e. The molecule has 24 heavy (non-hydrogen) atoms. The third-order valence-corrected chi connectivity index (χ3v) is 4.96. The van der Waals surface area contributed by atoms with Gasteiger partial charge in [-0.05, 0) is 19.3 Å². The van der Waals surface area contributed by atoms with Crippen LogP contribution in [0.4, 0.5) is 0 Å². The van der Waals surface area contributed by atoms with Gasteiger partial charge in [0.15, 0.2) is 5.65 Å². The number of amides is 1. The predicted octanol–water partition coefficient (Wildman–Crippen LogP) is 1.54. The van der Waals surface area contributed by atoms with Gasteiger partial charge in [0.2, 0.25) is 5.91 Å². The molecule has 0 saturated carbocycles. The molecule has 2 N–H and O–H groups in total. The number of nitrogens with two attached hydrogens (primary N) is 1. The average Bonchev–Trinajstić information content (AvgIpc) is 3.22. The molecule has 3 heterocycles. The van der Waals surface area contributed by atoms with Gasteiger partial charge >= 0.3 is 0 Å². The summed E-state index contributed by atoms with van der Waals surface area (Å²) in [5, 5.41) is 4.71. The average molecular weight is 330 g/mol. The zero-order valence-corrected chi connectivity index (χ0v) is 14.5. The summed E-state index contributed by atoms with van der Waals surface area (Å²) in [6.07, 6.45) is 6.10. The van der Waals surface area contributed by atoms with Gasteiger partial charge in [-0.3, -0.25) is 4.79 Å². The van der Waals surface area contributed by atoms with Crippen LogP contribution in [0.25, 0.3) is 11.2 Å². The lowest BCUT2D eigenvalue weighted by atomic mass is 10.0. The smallest absolute Gasteiger partial charge is 0.225 e. The molecule has 2 aromatic heterocycles. The van der Waals surface area contributed by atoms with E-state index in [1.54, 1.807) is 12.4 Å². The fourth-order valence-electron chi connectivity index (χ4n) is 3.56. The van der Waals surface area contributed by atoms with Gasteiger partial charge in [-0.15, -0.1) is 0 Å². The van der Waals surface area contributed by atoms with Crippen LogP contribution in [0.3, 0.4) is 0 Å². The summed E-state index contributed by atoms with van der Waals surface area (Å²) in [7, 11) is 0. The fourth-order valence-corrected chi connectivity index (χ4v) is 3.56. The lowest BCUT2D eigenvalue weighted by molar-refractivity contribution is -0.134. The van der Waals surface area contributed by atoms with Crippen molar-refractivity contribution >= 4 is 17.1 Å². The van der Waals surface area contributed by atoms with E-state index in [9.17, 15) is 4.79 Å². The highest BCUT2D eigenvalue weighted by atomic mass is 16.2. The van der Waals surface area contributed by atoms with Crippen LogP contribution >= 0.6 is 0 Å². The van der Waals surface area contributed by atoms with Crippen LogP contribution in [0.5, 0.6) is 0 Å². The third kappa shape index (κ3) is 3.00. The van der Waals surface area contributed by atoms with Crippen LogP contribution < -0.4 is 5.73 Å². The molecule has 1 aliphatic heterocycles. The number of aromatic nitrogens is 4. The van der Waals surface area contributed by atoms with Crippen LogP contribution in [0, 0.1) is 5.92 Å². The highest BCUT2D eigenvalue weighted by Gasteiger charge is 2.33.